The minimum atomic E-state index is -3.76. The van der Waals surface area contributed by atoms with Gasteiger partial charge < -0.3 is 10.4 Å². The molecule has 0 bridgehead atoms. The van der Waals surface area contributed by atoms with Crippen molar-refractivity contribution in [1.82, 2.24) is 5.32 Å². The van der Waals surface area contributed by atoms with E-state index in [1.54, 1.807) is 0 Å². The van der Waals surface area contributed by atoms with E-state index < -0.39 is 16.0 Å². The molecule has 0 aliphatic carbocycles. The summed E-state index contributed by atoms with van der Waals surface area (Å²) in [6.45, 7) is 0.498. The maximum atomic E-state index is 11.8. The Kier molecular flexibility index (Phi) is 7.49. The van der Waals surface area contributed by atoms with Crippen LogP contribution in [0.4, 0.5) is 0 Å². The highest BCUT2D eigenvalue weighted by Gasteiger charge is 2.14. The highest BCUT2D eigenvalue weighted by atomic mass is 32.2. The van der Waals surface area contributed by atoms with Crippen molar-refractivity contribution in [2.75, 3.05) is 6.54 Å². The lowest BCUT2D eigenvalue weighted by Crippen LogP contribution is -2.24. The molecule has 1 amide bonds. The summed E-state index contributed by atoms with van der Waals surface area (Å²) in [6.07, 6.45) is 4.37. The molecular formula is C13H20N2O5S2. The van der Waals surface area contributed by atoms with Gasteiger partial charge in [-0.05, 0) is 18.9 Å². The lowest BCUT2D eigenvalue weighted by molar-refractivity contribution is -0.137. The predicted octanol–water partition coefficient (Wildman–Crippen LogP) is 1.55. The van der Waals surface area contributed by atoms with Crippen LogP contribution in [0, 0.1) is 0 Å². The number of carboxylic acid groups (broad SMARTS) is 1. The average Bonchev–Trinajstić information content (AvgIpc) is 2.91. The van der Waals surface area contributed by atoms with Crippen LogP contribution in [-0.4, -0.2) is 31.9 Å². The van der Waals surface area contributed by atoms with Crippen LogP contribution in [0.15, 0.2) is 15.7 Å². The maximum Gasteiger partial charge on any atom is 0.303 e. The number of primary sulfonamides is 1. The normalized spacial score (nSPS) is 11.3. The molecule has 0 saturated heterocycles. The molecule has 7 nitrogen and oxygen atoms in total. The third-order valence-corrected chi connectivity index (χ3v) is 5.36. The summed E-state index contributed by atoms with van der Waals surface area (Å²) in [5.74, 6) is -1.10. The van der Waals surface area contributed by atoms with Gasteiger partial charge >= 0.3 is 5.97 Å². The van der Waals surface area contributed by atoms with Gasteiger partial charge in [-0.3, -0.25) is 9.59 Å². The molecule has 22 heavy (non-hydrogen) atoms. The van der Waals surface area contributed by atoms with E-state index >= 15 is 0 Å². The molecule has 0 atom stereocenters. The molecule has 4 N–H and O–H groups in total. The van der Waals surface area contributed by atoms with Gasteiger partial charge in [0.05, 0.1) is 5.56 Å². The fourth-order valence-corrected chi connectivity index (χ4v) is 3.41. The maximum absolute atomic E-state index is 11.8. The van der Waals surface area contributed by atoms with Gasteiger partial charge in [0.25, 0.3) is 5.91 Å². The van der Waals surface area contributed by atoms with Crippen molar-refractivity contribution >= 4 is 33.2 Å². The standard InChI is InChI=1S/C13H20N2O5S2/c14-22(19,20)12-8-10(9-21-12)13(18)15-7-5-3-1-2-4-6-11(16)17/h8-9H,1-7H2,(H,15,18)(H,16,17)(H2,14,19,20). The third-order valence-electron chi connectivity index (χ3n) is 2.97. The van der Waals surface area contributed by atoms with Gasteiger partial charge in [-0.25, -0.2) is 13.6 Å². The zero-order valence-electron chi connectivity index (χ0n) is 12.1. The van der Waals surface area contributed by atoms with Crippen molar-refractivity contribution in [2.45, 2.75) is 42.7 Å². The van der Waals surface area contributed by atoms with E-state index in [1.807, 2.05) is 0 Å². The first-order valence-corrected chi connectivity index (χ1v) is 9.34. The Morgan fingerprint density at radius 2 is 1.82 bits per heavy atom. The molecule has 0 radical (unpaired) electrons. The topological polar surface area (TPSA) is 127 Å². The number of thiophene rings is 1. The van der Waals surface area contributed by atoms with Crippen molar-refractivity contribution in [1.29, 1.82) is 0 Å². The second-order valence-corrected chi connectivity index (χ2v) is 7.57. The van der Waals surface area contributed by atoms with Crippen LogP contribution in [-0.2, 0) is 14.8 Å². The summed E-state index contributed by atoms with van der Waals surface area (Å²) in [7, 11) is -3.76. The molecule has 1 aromatic rings. The van der Waals surface area contributed by atoms with Gasteiger partial charge in [-0.1, -0.05) is 19.3 Å². The summed E-state index contributed by atoms with van der Waals surface area (Å²) in [4.78, 5) is 22.1. The SMILES string of the molecule is NS(=O)(=O)c1cc(C(=O)NCCCCCCCC(=O)O)cs1. The number of nitrogens with two attached hydrogens (primary N) is 1. The smallest absolute Gasteiger partial charge is 0.303 e. The first-order valence-electron chi connectivity index (χ1n) is 6.92. The first kappa shape index (κ1) is 18.6. The Balaban J connectivity index is 2.19. The van der Waals surface area contributed by atoms with Crippen LogP contribution in [0.25, 0.3) is 0 Å². The van der Waals surface area contributed by atoms with E-state index in [-0.39, 0.29) is 22.1 Å². The second-order valence-electron chi connectivity index (χ2n) is 4.87. The second kappa shape index (κ2) is 8.86. The first-order chi connectivity index (χ1) is 10.3. The molecule has 0 saturated carbocycles. The van der Waals surface area contributed by atoms with E-state index in [0.29, 0.717) is 13.0 Å². The fourth-order valence-electron chi connectivity index (χ4n) is 1.82. The van der Waals surface area contributed by atoms with Crippen LogP contribution >= 0.6 is 11.3 Å². The Morgan fingerprint density at radius 1 is 1.18 bits per heavy atom. The van der Waals surface area contributed by atoms with Gasteiger partial charge in [-0.2, -0.15) is 0 Å². The number of carbonyl (C=O) groups is 2. The Bertz CT molecular complexity index is 610. The van der Waals surface area contributed by atoms with Crippen molar-refractivity contribution in [3.63, 3.8) is 0 Å². The number of sulfonamides is 1. The van der Waals surface area contributed by atoms with Crippen LogP contribution in [0.5, 0.6) is 0 Å². The van der Waals surface area contributed by atoms with E-state index in [2.05, 4.69) is 5.32 Å². The zero-order valence-corrected chi connectivity index (χ0v) is 13.7. The summed E-state index contributed by atoms with van der Waals surface area (Å²) in [5, 5.41) is 17.6. The summed E-state index contributed by atoms with van der Waals surface area (Å²) >= 11 is 0.918. The van der Waals surface area contributed by atoms with E-state index in [9.17, 15) is 18.0 Å². The van der Waals surface area contributed by atoms with Crippen LogP contribution in [0.3, 0.4) is 0 Å². The number of hydrogen-bond acceptors (Lipinski definition) is 5. The highest BCUT2D eigenvalue weighted by Crippen LogP contribution is 2.18. The number of aliphatic carboxylic acids is 1. The molecule has 0 aliphatic rings. The number of amides is 1. The molecule has 1 rings (SSSR count). The molecule has 0 aromatic carbocycles. The number of carbonyl (C=O) groups excluding carboxylic acids is 1. The number of hydrogen-bond donors (Lipinski definition) is 3. The molecule has 124 valence electrons. The summed E-state index contributed by atoms with van der Waals surface area (Å²) in [6, 6.07) is 1.27. The van der Waals surface area contributed by atoms with E-state index in [0.717, 1.165) is 37.0 Å². The van der Waals surface area contributed by atoms with E-state index in [4.69, 9.17) is 10.2 Å². The monoisotopic (exact) mass is 348 g/mol. The Labute approximate surface area is 133 Å². The molecule has 0 fully saturated rings. The summed E-state index contributed by atoms with van der Waals surface area (Å²) in [5.41, 5.74) is 0.287. The minimum absolute atomic E-state index is 0.0314. The molecule has 0 spiro atoms. The van der Waals surface area contributed by atoms with Crippen LogP contribution < -0.4 is 10.5 Å². The quantitative estimate of drug-likeness (QED) is 0.553. The lowest BCUT2D eigenvalue weighted by atomic mass is 10.1. The van der Waals surface area contributed by atoms with Gasteiger partial charge in [-0.15, -0.1) is 11.3 Å². The highest BCUT2D eigenvalue weighted by molar-refractivity contribution is 7.91. The summed E-state index contributed by atoms with van der Waals surface area (Å²) < 4.78 is 22.2. The van der Waals surface area contributed by atoms with Crippen molar-refractivity contribution < 1.29 is 23.1 Å². The average molecular weight is 348 g/mol. The molecule has 1 heterocycles. The zero-order chi connectivity index (χ0) is 16.6. The lowest BCUT2D eigenvalue weighted by Gasteiger charge is -2.03. The largest absolute Gasteiger partial charge is 0.481 e. The molecule has 0 aliphatic heterocycles. The van der Waals surface area contributed by atoms with Crippen molar-refractivity contribution in [2.24, 2.45) is 5.14 Å². The van der Waals surface area contributed by atoms with E-state index in [1.165, 1.54) is 11.4 Å². The van der Waals surface area contributed by atoms with Crippen LogP contribution in [0.2, 0.25) is 0 Å². The fraction of sp³-hybridized carbons (Fsp3) is 0.538. The Morgan fingerprint density at radius 3 is 2.41 bits per heavy atom. The van der Waals surface area contributed by atoms with Crippen molar-refractivity contribution in [3.05, 3.63) is 17.0 Å². The minimum Gasteiger partial charge on any atom is -0.481 e. The molecule has 0 unspecified atom stereocenters. The van der Waals surface area contributed by atoms with Crippen LogP contribution in [0.1, 0.15) is 48.9 Å². The predicted molar refractivity (Wildman–Crippen MR) is 83.4 cm³/mol. The molecule has 9 heteroatoms. The number of carboxylic acids is 1. The van der Waals surface area contributed by atoms with Gasteiger partial charge in [0.1, 0.15) is 4.21 Å². The number of unbranched alkanes of at least 4 members (excludes halogenated alkanes) is 4. The molecular weight excluding hydrogens is 328 g/mol. The number of rotatable bonds is 10. The van der Waals surface area contributed by atoms with Gasteiger partial charge in [0.15, 0.2) is 0 Å². The van der Waals surface area contributed by atoms with Gasteiger partial charge in [0, 0.05) is 18.3 Å². The Hall–Kier alpha value is -1.45. The van der Waals surface area contributed by atoms with Gasteiger partial charge in [0.2, 0.25) is 10.0 Å². The van der Waals surface area contributed by atoms with Crippen molar-refractivity contribution in [3.8, 4) is 0 Å². The third kappa shape index (κ3) is 7.01. The number of nitrogens with one attached hydrogen (secondary N) is 1. The molecule has 1 aromatic heterocycles.